The third-order valence-electron chi connectivity index (χ3n) is 2.66. The van der Waals surface area contributed by atoms with Crippen molar-refractivity contribution in [2.24, 2.45) is 0 Å². The van der Waals surface area contributed by atoms with Gasteiger partial charge in [0.2, 0.25) is 10.0 Å². The van der Waals surface area contributed by atoms with Crippen molar-refractivity contribution in [3.8, 4) is 0 Å². The number of benzene rings is 1. The molecular weight excluding hydrogens is 229 g/mol. The highest BCUT2D eigenvalue weighted by atomic mass is 32.2. The van der Waals surface area contributed by atoms with Gasteiger partial charge in [0.1, 0.15) is 0 Å². The van der Waals surface area contributed by atoms with Gasteiger partial charge in [0.05, 0.1) is 11.9 Å². The average molecular weight is 241 g/mol. The van der Waals surface area contributed by atoms with Gasteiger partial charge >= 0.3 is 7.12 Å². The molecular formula is C9H12BNO4S. The first kappa shape index (κ1) is 11.4. The van der Waals surface area contributed by atoms with Crippen molar-refractivity contribution >= 4 is 28.3 Å². The largest absolute Gasteiger partial charge is 0.490 e. The zero-order valence-electron chi connectivity index (χ0n) is 8.79. The molecule has 1 aliphatic heterocycles. The molecule has 0 bridgehead atoms. The van der Waals surface area contributed by atoms with Gasteiger partial charge < -0.3 is 10.0 Å². The van der Waals surface area contributed by atoms with E-state index >= 15 is 0 Å². The maximum Gasteiger partial charge on any atom is 0.490 e. The van der Waals surface area contributed by atoms with Gasteiger partial charge in [0.25, 0.3) is 0 Å². The molecule has 0 saturated heterocycles. The van der Waals surface area contributed by atoms with Crippen LogP contribution in [0.15, 0.2) is 18.2 Å². The predicted octanol–water partition coefficient (Wildman–Crippen LogP) is -1.31. The first-order valence-electron chi connectivity index (χ1n) is 4.87. The summed E-state index contributed by atoms with van der Waals surface area (Å²) >= 11 is 0. The molecule has 0 atom stereocenters. The third-order valence-corrected chi connectivity index (χ3v) is 3.83. The molecule has 1 aromatic rings. The van der Waals surface area contributed by atoms with Gasteiger partial charge in [-0.1, -0.05) is 18.2 Å². The van der Waals surface area contributed by atoms with Crippen LogP contribution in [0.5, 0.6) is 0 Å². The zero-order valence-corrected chi connectivity index (χ0v) is 9.61. The summed E-state index contributed by atoms with van der Waals surface area (Å²) in [6.45, 7) is 0.359. The van der Waals surface area contributed by atoms with E-state index in [9.17, 15) is 18.5 Å². The quantitative estimate of drug-likeness (QED) is 0.630. The molecule has 0 fully saturated rings. The summed E-state index contributed by atoms with van der Waals surface area (Å²) in [4.78, 5) is 0. The fourth-order valence-electron chi connectivity index (χ4n) is 1.99. The van der Waals surface area contributed by atoms with E-state index in [-0.39, 0.29) is 5.46 Å². The normalized spacial score (nSPS) is 15.1. The Morgan fingerprint density at radius 2 is 2.06 bits per heavy atom. The number of fused-ring (bicyclic) bond motifs is 1. The van der Waals surface area contributed by atoms with Crippen LogP contribution in [0, 0.1) is 0 Å². The lowest BCUT2D eigenvalue weighted by molar-refractivity contribution is 0.426. The van der Waals surface area contributed by atoms with Crippen molar-refractivity contribution < 1.29 is 18.5 Å². The Balaban J connectivity index is 2.60. The van der Waals surface area contributed by atoms with Crippen LogP contribution < -0.4 is 9.77 Å². The summed E-state index contributed by atoms with van der Waals surface area (Å²) in [5.74, 6) is 0. The van der Waals surface area contributed by atoms with E-state index in [0.29, 0.717) is 18.7 Å². The topological polar surface area (TPSA) is 77.8 Å². The number of nitrogens with zero attached hydrogens (tertiary/aromatic N) is 1. The molecule has 7 heteroatoms. The number of hydrogen-bond donors (Lipinski definition) is 2. The molecule has 86 valence electrons. The van der Waals surface area contributed by atoms with E-state index in [4.69, 9.17) is 0 Å². The van der Waals surface area contributed by atoms with E-state index in [1.807, 2.05) is 0 Å². The SMILES string of the molecule is CS(=O)(=O)N1CCc2cccc(B(O)O)c21. The summed E-state index contributed by atoms with van der Waals surface area (Å²) in [7, 11) is -5.02. The monoisotopic (exact) mass is 241 g/mol. The van der Waals surface area contributed by atoms with E-state index in [1.165, 1.54) is 10.4 Å². The number of sulfonamides is 1. The number of anilines is 1. The van der Waals surface area contributed by atoms with Crippen molar-refractivity contribution in [2.45, 2.75) is 6.42 Å². The Morgan fingerprint density at radius 1 is 1.38 bits per heavy atom. The van der Waals surface area contributed by atoms with Gasteiger partial charge in [-0.25, -0.2) is 8.42 Å². The number of rotatable bonds is 2. The summed E-state index contributed by atoms with van der Waals surface area (Å²) in [5, 5.41) is 18.4. The lowest BCUT2D eigenvalue weighted by Crippen LogP contribution is -2.38. The van der Waals surface area contributed by atoms with Crippen molar-refractivity contribution in [2.75, 3.05) is 17.1 Å². The summed E-state index contributed by atoms with van der Waals surface area (Å²) in [5.41, 5.74) is 1.48. The molecule has 1 aliphatic rings. The average Bonchev–Trinajstić information content (AvgIpc) is 2.59. The van der Waals surface area contributed by atoms with Crippen LogP contribution in [-0.2, 0) is 16.4 Å². The second-order valence-corrected chi connectivity index (χ2v) is 5.72. The standard InChI is InChI=1S/C9H12BNO4S/c1-16(14,15)11-6-5-7-3-2-4-8(9(7)11)10(12)13/h2-4,12-13H,5-6H2,1H3. The van der Waals surface area contributed by atoms with E-state index in [2.05, 4.69) is 0 Å². The Morgan fingerprint density at radius 3 is 2.62 bits per heavy atom. The minimum Gasteiger partial charge on any atom is -0.423 e. The van der Waals surface area contributed by atoms with Gasteiger partial charge in [-0.15, -0.1) is 0 Å². The molecule has 0 spiro atoms. The van der Waals surface area contributed by atoms with Gasteiger partial charge in [-0.05, 0) is 12.0 Å². The maximum atomic E-state index is 11.5. The third kappa shape index (κ3) is 1.81. The van der Waals surface area contributed by atoms with Crippen molar-refractivity contribution in [3.05, 3.63) is 23.8 Å². The second kappa shape index (κ2) is 3.76. The van der Waals surface area contributed by atoms with Gasteiger partial charge in [0, 0.05) is 12.0 Å². The molecule has 1 aromatic carbocycles. The molecule has 0 saturated carbocycles. The molecule has 0 amide bonds. The van der Waals surface area contributed by atoms with Crippen LogP contribution in [0.1, 0.15) is 5.56 Å². The maximum absolute atomic E-state index is 11.5. The highest BCUT2D eigenvalue weighted by molar-refractivity contribution is 7.92. The smallest absolute Gasteiger partial charge is 0.423 e. The van der Waals surface area contributed by atoms with Crippen LogP contribution in [0.2, 0.25) is 0 Å². The van der Waals surface area contributed by atoms with Gasteiger partial charge in [-0.2, -0.15) is 0 Å². The lowest BCUT2D eigenvalue weighted by atomic mass is 9.78. The molecule has 2 N–H and O–H groups in total. The first-order chi connectivity index (χ1) is 7.41. The summed E-state index contributed by atoms with van der Waals surface area (Å²) in [6.07, 6.45) is 1.71. The highest BCUT2D eigenvalue weighted by Gasteiger charge is 2.31. The molecule has 2 rings (SSSR count). The molecule has 1 heterocycles. The molecule has 0 aliphatic carbocycles. The van der Waals surface area contributed by atoms with Crippen molar-refractivity contribution in [1.82, 2.24) is 0 Å². The van der Waals surface area contributed by atoms with Gasteiger partial charge in [0.15, 0.2) is 0 Å². The molecule has 0 unspecified atom stereocenters. The Bertz CT molecular complexity index is 514. The van der Waals surface area contributed by atoms with Crippen LogP contribution in [-0.4, -0.2) is 38.4 Å². The van der Waals surface area contributed by atoms with Gasteiger partial charge in [-0.3, -0.25) is 4.31 Å². The number of para-hydroxylation sites is 1. The van der Waals surface area contributed by atoms with E-state index in [0.717, 1.165) is 11.8 Å². The predicted molar refractivity (Wildman–Crippen MR) is 62.2 cm³/mol. The molecule has 5 nitrogen and oxygen atoms in total. The summed E-state index contributed by atoms with van der Waals surface area (Å²) < 4.78 is 24.3. The van der Waals surface area contributed by atoms with Crippen LogP contribution >= 0.6 is 0 Å². The minimum absolute atomic E-state index is 0.237. The molecule has 0 radical (unpaired) electrons. The summed E-state index contributed by atoms with van der Waals surface area (Å²) in [6, 6.07) is 5.01. The Labute approximate surface area is 94.5 Å². The molecule has 0 aromatic heterocycles. The van der Waals surface area contributed by atoms with Crippen molar-refractivity contribution in [3.63, 3.8) is 0 Å². The van der Waals surface area contributed by atoms with E-state index in [1.54, 1.807) is 12.1 Å². The Hall–Kier alpha value is -1.05. The fraction of sp³-hybridized carbons (Fsp3) is 0.333. The fourth-order valence-corrected chi connectivity index (χ4v) is 2.97. The molecule has 16 heavy (non-hydrogen) atoms. The minimum atomic E-state index is -3.36. The zero-order chi connectivity index (χ0) is 11.9. The lowest BCUT2D eigenvalue weighted by Gasteiger charge is -2.19. The van der Waals surface area contributed by atoms with Crippen LogP contribution in [0.25, 0.3) is 0 Å². The first-order valence-corrected chi connectivity index (χ1v) is 6.71. The van der Waals surface area contributed by atoms with Crippen LogP contribution in [0.3, 0.4) is 0 Å². The highest BCUT2D eigenvalue weighted by Crippen LogP contribution is 2.28. The number of hydrogen-bond acceptors (Lipinski definition) is 4. The van der Waals surface area contributed by atoms with Crippen molar-refractivity contribution in [1.29, 1.82) is 0 Å². The van der Waals surface area contributed by atoms with Crippen LogP contribution in [0.4, 0.5) is 5.69 Å². The second-order valence-electron chi connectivity index (χ2n) is 3.81. The Kier molecular flexibility index (Phi) is 2.69. The van der Waals surface area contributed by atoms with E-state index < -0.39 is 17.1 Å².